The summed E-state index contributed by atoms with van der Waals surface area (Å²) in [5, 5.41) is 0. The molecule has 2 saturated heterocycles. The van der Waals surface area contributed by atoms with Gasteiger partial charge in [0.15, 0.2) is 0 Å². The number of nitrogens with zero attached hydrogens (tertiary/aromatic N) is 2. The quantitative estimate of drug-likeness (QED) is 0.590. The normalized spacial score (nSPS) is 23.2. The van der Waals surface area contributed by atoms with E-state index in [-0.39, 0.29) is 37.1 Å². The predicted molar refractivity (Wildman–Crippen MR) is 95.2 cm³/mol. The zero-order valence-electron chi connectivity index (χ0n) is 16.1. The van der Waals surface area contributed by atoms with Gasteiger partial charge in [0.2, 0.25) is 11.8 Å². The topological polar surface area (TPSA) is 57.7 Å². The molecule has 0 saturated carbocycles. The summed E-state index contributed by atoms with van der Waals surface area (Å²) in [6, 6.07) is 0. The molecule has 2 amide bonds. The van der Waals surface area contributed by atoms with Crippen molar-refractivity contribution >= 4 is 18.1 Å². The average Bonchev–Trinajstić information content (AvgIpc) is 3.05. The highest BCUT2D eigenvalue weighted by molar-refractivity contribution is 6.03. The Hall–Kier alpha value is -1.23. The lowest BCUT2D eigenvalue weighted by Gasteiger charge is -2.11. The monoisotopic (exact) mass is 328 g/mol. The molecular weight excluding hydrogens is 292 g/mol. The van der Waals surface area contributed by atoms with Crippen LogP contribution in [0.25, 0.3) is 0 Å². The number of imide groups is 1. The van der Waals surface area contributed by atoms with Crippen LogP contribution < -0.4 is 0 Å². The zero-order valence-corrected chi connectivity index (χ0v) is 16.1. The second-order valence-corrected chi connectivity index (χ2v) is 5.60. The lowest BCUT2D eigenvalue weighted by Crippen LogP contribution is -2.31. The Balaban J connectivity index is 0. The van der Waals surface area contributed by atoms with E-state index in [9.17, 15) is 14.4 Å². The van der Waals surface area contributed by atoms with Crippen molar-refractivity contribution in [3.8, 4) is 0 Å². The van der Waals surface area contributed by atoms with Crippen LogP contribution in [0.5, 0.6) is 0 Å². The van der Waals surface area contributed by atoms with Crippen LogP contribution >= 0.6 is 0 Å². The minimum absolute atomic E-state index is 0.151. The lowest BCUT2D eigenvalue weighted by atomic mass is 10.1. The molecular formula is C18H36N2O3. The molecule has 0 radical (unpaired) electrons. The number of amides is 2. The predicted octanol–water partition coefficient (Wildman–Crippen LogP) is 2.98. The largest absolute Gasteiger partial charge is 0.306 e. The van der Waals surface area contributed by atoms with Gasteiger partial charge in [0.05, 0.1) is 0 Å². The van der Waals surface area contributed by atoms with Gasteiger partial charge >= 0.3 is 0 Å². The van der Waals surface area contributed by atoms with Gasteiger partial charge in [0, 0.05) is 31.8 Å². The van der Waals surface area contributed by atoms with Gasteiger partial charge in [-0.1, -0.05) is 41.5 Å². The van der Waals surface area contributed by atoms with Crippen LogP contribution in [0.4, 0.5) is 0 Å². The fourth-order valence-corrected chi connectivity index (χ4v) is 2.42. The maximum absolute atomic E-state index is 11.2. The molecule has 5 heteroatoms. The van der Waals surface area contributed by atoms with Crippen LogP contribution in [0.1, 0.15) is 60.8 Å². The Bertz CT molecular complexity index is 337. The third-order valence-electron chi connectivity index (χ3n) is 3.57. The third-order valence-corrected chi connectivity index (χ3v) is 3.57. The summed E-state index contributed by atoms with van der Waals surface area (Å²) in [4.78, 5) is 35.9. The highest BCUT2D eigenvalue weighted by Crippen LogP contribution is 2.18. The van der Waals surface area contributed by atoms with E-state index in [0.29, 0.717) is 6.29 Å². The first-order valence-corrected chi connectivity index (χ1v) is 8.92. The van der Waals surface area contributed by atoms with Gasteiger partial charge < -0.3 is 9.69 Å². The molecule has 0 aromatic carbocycles. The first kappa shape index (κ1) is 24.0. The highest BCUT2D eigenvalue weighted by atomic mass is 16.2. The maximum Gasteiger partial charge on any atom is 0.232 e. The molecule has 2 rings (SSSR count). The van der Waals surface area contributed by atoms with Crippen LogP contribution in [-0.2, 0) is 14.4 Å². The molecule has 5 nitrogen and oxygen atoms in total. The minimum Gasteiger partial charge on any atom is -0.306 e. The van der Waals surface area contributed by atoms with Crippen molar-refractivity contribution in [1.82, 2.24) is 9.80 Å². The summed E-state index contributed by atoms with van der Waals surface area (Å²) in [5.41, 5.74) is 0. The van der Waals surface area contributed by atoms with Crippen LogP contribution in [0.3, 0.4) is 0 Å². The Morgan fingerprint density at radius 2 is 1.70 bits per heavy atom. The number of carbonyl (C=O) groups excluding carboxylic acids is 3. The fourth-order valence-electron chi connectivity index (χ4n) is 2.42. The highest BCUT2D eigenvalue weighted by Gasteiger charge is 2.34. The first-order chi connectivity index (χ1) is 11.0. The van der Waals surface area contributed by atoms with E-state index >= 15 is 0 Å². The molecule has 0 spiro atoms. The van der Waals surface area contributed by atoms with E-state index in [1.165, 1.54) is 24.4 Å². The lowest BCUT2D eigenvalue weighted by molar-refractivity contribution is -0.139. The fraction of sp³-hybridized carbons (Fsp3) is 0.833. The van der Waals surface area contributed by atoms with Gasteiger partial charge in [-0.15, -0.1) is 0 Å². The van der Waals surface area contributed by atoms with Crippen molar-refractivity contribution in [3.63, 3.8) is 0 Å². The standard InChI is InChI=1S/C8H11NO3.C6H13N.2C2H6/c1-6-5-7(11)9(8(6)12)3-2-4-10;1-6-3-4-7(2)5-6;2*1-2/h4,6H,2-3,5H2,1H3;6H,3-5H2,1-2H3;2*1-2H3. The van der Waals surface area contributed by atoms with Crippen LogP contribution in [-0.4, -0.2) is 54.6 Å². The first-order valence-electron chi connectivity index (χ1n) is 8.92. The molecule has 2 heterocycles. The van der Waals surface area contributed by atoms with Crippen LogP contribution in [0.2, 0.25) is 0 Å². The second kappa shape index (κ2) is 14.4. The summed E-state index contributed by atoms with van der Waals surface area (Å²) < 4.78 is 0. The number of carbonyl (C=O) groups is 3. The Kier molecular flexibility index (Phi) is 15.0. The van der Waals surface area contributed by atoms with Crippen LogP contribution in [0.15, 0.2) is 0 Å². The van der Waals surface area contributed by atoms with E-state index < -0.39 is 0 Å². The smallest absolute Gasteiger partial charge is 0.232 e. The maximum atomic E-state index is 11.2. The van der Waals surface area contributed by atoms with Crippen molar-refractivity contribution in [2.75, 3.05) is 26.7 Å². The van der Waals surface area contributed by atoms with Crippen molar-refractivity contribution in [2.24, 2.45) is 11.8 Å². The summed E-state index contributed by atoms with van der Waals surface area (Å²) >= 11 is 0. The van der Waals surface area contributed by atoms with Gasteiger partial charge in [-0.25, -0.2) is 0 Å². The molecule has 0 aromatic rings. The molecule has 2 atom stereocenters. The van der Waals surface area contributed by atoms with E-state index in [1.54, 1.807) is 6.92 Å². The molecule has 23 heavy (non-hydrogen) atoms. The number of rotatable bonds is 3. The van der Waals surface area contributed by atoms with E-state index in [4.69, 9.17) is 0 Å². The molecule has 0 aliphatic carbocycles. The van der Waals surface area contributed by atoms with Gasteiger partial charge in [-0.2, -0.15) is 0 Å². The molecule has 2 aliphatic heterocycles. The van der Waals surface area contributed by atoms with Crippen molar-refractivity contribution in [2.45, 2.75) is 60.8 Å². The molecule has 2 unspecified atom stereocenters. The molecule has 2 aliphatic rings. The summed E-state index contributed by atoms with van der Waals surface area (Å²) in [6.07, 6.45) is 2.64. The van der Waals surface area contributed by atoms with Gasteiger partial charge in [0.1, 0.15) is 6.29 Å². The number of aldehydes is 1. The molecule has 0 N–H and O–H groups in total. The summed E-state index contributed by atoms with van der Waals surface area (Å²) in [6.45, 7) is 14.9. The molecule has 2 fully saturated rings. The van der Waals surface area contributed by atoms with E-state index in [1.807, 2.05) is 27.7 Å². The molecule has 0 aromatic heterocycles. The number of hydrogen-bond donors (Lipinski definition) is 0. The van der Waals surface area contributed by atoms with Gasteiger partial charge in [-0.05, 0) is 25.9 Å². The van der Waals surface area contributed by atoms with E-state index in [2.05, 4.69) is 18.9 Å². The number of likely N-dealkylation sites (tertiary alicyclic amines) is 2. The van der Waals surface area contributed by atoms with E-state index in [0.717, 1.165) is 5.92 Å². The second-order valence-electron chi connectivity index (χ2n) is 5.60. The molecule has 0 bridgehead atoms. The number of hydrogen-bond acceptors (Lipinski definition) is 4. The minimum atomic E-state index is -0.204. The Morgan fingerprint density at radius 3 is 1.96 bits per heavy atom. The van der Waals surface area contributed by atoms with Gasteiger partial charge in [-0.3, -0.25) is 14.5 Å². The van der Waals surface area contributed by atoms with Crippen molar-refractivity contribution < 1.29 is 14.4 Å². The SMILES string of the molecule is CC.CC.CC1CC(=O)N(CCC=O)C1=O.CC1CCN(C)C1. The third kappa shape index (κ3) is 9.49. The average molecular weight is 328 g/mol. The Labute approximate surface area is 142 Å². The van der Waals surface area contributed by atoms with Crippen molar-refractivity contribution in [1.29, 1.82) is 0 Å². The van der Waals surface area contributed by atoms with Crippen LogP contribution in [0, 0.1) is 11.8 Å². The van der Waals surface area contributed by atoms with Crippen molar-refractivity contribution in [3.05, 3.63) is 0 Å². The van der Waals surface area contributed by atoms with Gasteiger partial charge in [0.25, 0.3) is 0 Å². The zero-order chi connectivity index (χ0) is 18.4. The Morgan fingerprint density at radius 1 is 1.13 bits per heavy atom. The summed E-state index contributed by atoms with van der Waals surface area (Å²) in [7, 11) is 2.18. The molecule has 136 valence electrons. The summed E-state index contributed by atoms with van der Waals surface area (Å²) in [5.74, 6) is 0.436.